The first-order valence-corrected chi connectivity index (χ1v) is 9.00. The van der Waals surface area contributed by atoms with E-state index in [0.29, 0.717) is 15.6 Å². The van der Waals surface area contributed by atoms with Crippen molar-refractivity contribution in [3.63, 3.8) is 0 Å². The van der Waals surface area contributed by atoms with Crippen molar-refractivity contribution in [2.75, 3.05) is 5.32 Å². The van der Waals surface area contributed by atoms with Gasteiger partial charge in [0, 0.05) is 10.0 Å². The monoisotopic (exact) mass is 426 g/mol. The molecule has 0 heterocycles. The number of rotatable bonds is 5. The molecule has 2 N–H and O–H groups in total. The molecule has 0 aliphatic heterocycles. The third-order valence-electron chi connectivity index (χ3n) is 3.90. The summed E-state index contributed by atoms with van der Waals surface area (Å²) in [6.07, 6.45) is 0. The fourth-order valence-electron chi connectivity index (χ4n) is 2.55. The first-order chi connectivity index (χ1) is 13.0. The molecule has 2 amide bonds. The zero-order valence-electron chi connectivity index (χ0n) is 14.2. The van der Waals surface area contributed by atoms with Crippen LogP contribution in [0.15, 0.2) is 83.3 Å². The number of halogens is 2. The molecule has 0 aliphatic rings. The predicted octanol–water partition coefficient (Wildman–Crippen LogP) is 4.70. The number of anilines is 1. The second-order valence-electron chi connectivity index (χ2n) is 5.80. The van der Waals surface area contributed by atoms with Gasteiger partial charge in [-0.05, 0) is 35.9 Å². The van der Waals surface area contributed by atoms with E-state index in [-0.39, 0.29) is 5.69 Å². The normalized spacial score (nSPS) is 11.5. The van der Waals surface area contributed by atoms with Crippen LogP contribution in [0.4, 0.5) is 10.1 Å². The number of hydrogen-bond acceptors (Lipinski definition) is 2. The summed E-state index contributed by atoms with van der Waals surface area (Å²) in [4.78, 5) is 25.3. The van der Waals surface area contributed by atoms with Crippen molar-refractivity contribution in [1.29, 1.82) is 0 Å². The van der Waals surface area contributed by atoms with Crippen molar-refractivity contribution >= 4 is 33.4 Å². The molecule has 27 heavy (non-hydrogen) atoms. The molecule has 0 aliphatic carbocycles. The molecule has 0 radical (unpaired) electrons. The first-order valence-electron chi connectivity index (χ1n) is 8.21. The lowest BCUT2D eigenvalue weighted by molar-refractivity contribution is -0.118. The number of nitrogens with one attached hydrogen (secondary N) is 2. The van der Waals surface area contributed by atoms with E-state index in [4.69, 9.17) is 0 Å². The maximum absolute atomic E-state index is 14.1. The Labute approximate surface area is 164 Å². The maximum atomic E-state index is 14.1. The molecule has 0 spiro atoms. The van der Waals surface area contributed by atoms with Gasteiger partial charge in [-0.3, -0.25) is 9.59 Å². The number of hydrogen-bond donors (Lipinski definition) is 2. The van der Waals surface area contributed by atoms with Gasteiger partial charge in [-0.2, -0.15) is 0 Å². The zero-order valence-corrected chi connectivity index (χ0v) is 15.7. The summed E-state index contributed by atoms with van der Waals surface area (Å²) in [6, 6.07) is 20.8. The Balaban J connectivity index is 1.85. The fraction of sp³-hybridized carbons (Fsp3) is 0.0476. The van der Waals surface area contributed by atoms with Gasteiger partial charge in [0.25, 0.3) is 11.8 Å². The smallest absolute Gasteiger partial charge is 0.252 e. The van der Waals surface area contributed by atoms with Crippen LogP contribution in [0, 0.1) is 5.82 Å². The zero-order chi connectivity index (χ0) is 19.2. The highest BCUT2D eigenvalue weighted by molar-refractivity contribution is 9.10. The molecule has 0 bridgehead atoms. The standard InChI is InChI=1S/C21H16BrFN2O2/c22-16-11-12-18(17(23)13-16)24-21(27)19(14-7-3-1-4-8-14)25-20(26)15-9-5-2-6-10-15/h1-13,19H,(H,24,27)(H,25,26). The lowest BCUT2D eigenvalue weighted by atomic mass is 10.1. The molecule has 1 unspecified atom stereocenters. The van der Waals surface area contributed by atoms with Gasteiger partial charge in [-0.1, -0.05) is 64.5 Å². The van der Waals surface area contributed by atoms with Crippen LogP contribution >= 0.6 is 15.9 Å². The van der Waals surface area contributed by atoms with Crippen LogP contribution in [0.5, 0.6) is 0 Å². The Morgan fingerprint density at radius 3 is 2.15 bits per heavy atom. The summed E-state index contributed by atoms with van der Waals surface area (Å²) < 4.78 is 14.6. The van der Waals surface area contributed by atoms with Gasteiger partial charge in [0.1, 0.15) is 11.9 Å². The molecule has 136 valence electrons. The van der Waals surface area contributed by atoms with E-state index in [1.165, 1.54) is 12.1 Å². The minimum absolute atomic E-state index is 0.0399. The third kappa shape index (κ3) is 4.80. The lowest BCUT2D eigenvalue weighted by Gasteiger charge is -2.19. The predicted molar refractivity (Wildman–Crippen MR) is 106 cm³/mol. The number of carbonyl (C=O) groups excluding carboxylic acids is 2. The van der Waals surface area contributed by atoms with Gasteiger partial charge in [-0.15, -0.1) is 0 Å². The van der Waals surface area contributed by atoms with E-state index < -0.39 is 23.7 Å². The molecule has 0 aromatic heterocycles. The highest BCUT2D eigenvalue weighted by Gasteiger charge is 2.24. The summed E-state index contributed by atoms with van der Waals surface area (Å²) in [5.74, 6) is -1.50. The van der Waals surface area contributed by atoms with E-state index in [1.54, 1.807) is 60.7 Å². The average Bonchev–Trinajstić information content (AvgIpc) is 2.69. The van der Waals surface area contributed by atoms with Crippen molar-refractivity contribution in [3.05, 3.63) is 100 Å². The van der Waals surface area contributed by atoms with Crippen LogP contribution in [0.25, 0.3) is 0 Å². The van der Waals surface area contributed by atoms with Crippen LogP contribution in [0.3, 0.4) is 0 Å². The van der Waals surface area contributed by atoms with Gasteiger partial charge in [0.2, 0.25) is 0 Å². The summed E-state index contributed by atoms with van der Waals surface area (Å²) in [5, 5.41) is 5.26. The molecular weight excluding hydrogens is 411 g/mol. The molecule has 4 nitrogen and oxygen atoms in total. The SMILES string of the molecule is O=C(NC(C(=O)Nc1ccc(Br)cc1F)c1ccccc1)c1ccccc1. The maximum Gasteiger partial charge on any atom is 0.252 e. The third-order valence-corrected chi connectivity index (χ3v) is 4.39. The molecule has 3 aromatic rings. The summed E-state index contributed by atoms with van der Waals surface area (Å²) in [6.45, 7) is 0. The van der Waals surface area contributed by atoms with Gasteiger partial charge in [-0.25, -0.2) is 4.39 Å². The highest BCUT2D eigenvalue weighted by atomic mass is 79.9. The van der Waals surface area contributed by atoms with Crippen LogP contribution in [0.2, 0.25) is 0 Å². The minimum atomic E-state index is -0.970. The van der Waals surface area contributed by atoms with Gasteiger partial charge in [0.15, 0.2) is 0 Å². The summed E-state index contributed by atoms with van der Waals surface area (Å²) in [7, 11) is 0. The Kier molecular flexibility index (Phi) is 5.98. The Morgan fingerprint density at radius 1 is 0.889 bits per heavy atom. The van der Waals surface area contributed by atoms with E-state index in [0.717, 1.165) is 0 Å². The molecule has 0 saturated carbocycles. The largest absolute Gasteiger partial charge is 0.336 e. The summed E-state index contributed by atoms with van der Waals surface area (Å²) in [5.41, 5.74) is 1.07. The second kappa shape index (κ2) is 8.60. The van der Waals surface area contributed by atoms with E-state index in [2.05, 4.69) is 26.6 Å². The number of carbonyl (C=O) groups is 2. The molecule has 3 aromatic carbocycles. The van der Waals surface area contributed by atoms with Crippen LogP contribution in [0.1, 0.15) is 22.0 Å². The van der Waals surface area contributed by atoms with Crippen molar-refractivity contribution in [2.24, 2.45) is 0 Å². The summed E-state index contributed by atoms with van der Waals surface area (Å²) >= 11 is 3.18. The topological polar surface area (TPSA) is 58.2 Å². The number of amides is 2. The molecule has 0 fully saturated rings. The van der Waals surface area contributed by atoms with E-state index in [9.17, 15) is 14.0 Å². The Bertz CT molecular complexity index is 949. The van der Waals surface area contributed by atoms with E-state index >= 15 is 0 Å². The fourth-order valence-corrected chi connectivity index (χ4v) is 2.88. The molecule has 6 heteroatoms. The molecule has 0 saturated heterocycles. The Hall–Kier alpha value is -2.99. The van der Waals surface area contributed by atoms with Gasteiger partial charge < -0.3 is 10.6 Å². The number of benzene rings is 3. The molecular formula is C21H16BrFN2O2. The van der Waals surface area contributed by atoms with Crippen LogP contribution in [-0.2, 0) is 4.79 Å². The second-order valence-corrected chi connectivity index (χ2v) is 6.71. The van der Waals surface area contributed by atoms with Crippen LogP contribution in [-0.4, -0.2) is 11.8 Å². The highest BCUT2D eigenvalue weighted by Crippen LogP contribution is 2.22. The van der Waals surface area contributed by atoms with Crippen molar-refractivity contribution in [3.8, 4) is 0 Å². The minimum Gasteiger partial charge on any atom is -0.336 e. The quantitative estimate of drug-likeness (QED) is 0.621. The average molecular weight is 427 g/mol. The van der Waals surface area contributed by atoms with Gasteiger partial charge in [0.05, 0.1) is 5.69 Å². The van der Waals surface area contributed by atoms with Crippen molar-refractivity contribution < 1.29 is 14.0 Å². The Morgan fingerprint density at radius 2 is 1.52 bits per heavy atom. The van der Waals surface area contributed by atoms with Crippen LogP contribution < -0.4 is 10.6 Å². The van der Waals surface area contributed by atoms with Crippen molar-refractivity contribution in [2.45, 2.75) is 6.04 Å². The van der Waals surface area contributed by atoms with Crippen molar-refractivity contribution in [1.82, 2.24) is 5.32 Å². The molecule has 1 atom stereocenters. The van der Waals surface area contributed by atoms with E-state index in [1.807, 2.05) is 6.07 Å². The van der Waals surface area contributed by atoms with Gasteiger partial charge >= 0.3 is 0 Å². The lowest BCUT2D eigenvalue weighted by Crippen LogP contribution is -2.37. The first kappa shape index (κ1) is 18.8. The molecule has 3 rings (SSSR count).